The molecule has 2 rings (SSSR count). The molecule has 1 aromatic rings. The fraction of sp³-hybridized carbons (Fsp3) is 0.600. The van der Waals surface area contributed by atoms with Gasteiger partial charge in [-0.25, -0.2) is 0 Å². The van der Waals surface area contributed by atoms with Gasteiger partial charge in [0.15, 0.2) is 0 Å². The molecule has 0 amide bonds. The van der Waals surface area contributed by atoms with E-state index in [0.717, 1.165) is 31.7 Å². The predicted molar refractivity (Wildman–Crippen MR) is 52.5 cm³/mol. The van der Waals surface area contributed by atoms with Gasteiger partial charge in [-0.2, -0.15) is 0 Å². The summed E-state index contributed by atoms with van der Waals surface area (Å²) in [6, 6.07) is -0.0380. The molecular weight excluding hydrogens is 178 g/mol. The molecule has 0 bridgehead atoms. The first-order valence-electron chi connectivity index (χ1n) is 4.97. The van der Waals surface area contributed by atoms with E-state index in [2.05, 4.69) is 9.97 Å². The van der Waals surface area contributed by atoms with Gasteiger partial charge >= 0.3 is 0 Å². The van der Waals surface area contributed by atoms with Crippen LogP contribution in [0.2, 0.25) is 0 Å². The van der Waals surface area contributed by atoms with E-state index in [1.54, 1.807) is 18.6 Å². The molecular formula is C10H15N3O. The first-order valence-corrected chi connectivity index (χ1v) is 4.97. The minimum atomic E-state index is -0.0380. The van der Waals surface area contributed by atoms with Crippen LogP contribution in [0.15, 0.2) is 18.6 Å². The molecule has 2 heterocycles. The van der Waals surface area contributed by atoms with E-state index in [-0.39, 0.29) is 6.04 Å². The summed E-state index contributed by atoms with van der Waals surface area (Å²) in [4.78, 5) is 8.23. The van der Waals surface area contributed by atoms with E-state index in [4.69, 9.17) is 10.5 Å². The van der Waals surface area contributed by atoms with E-state index in [0.29, 0.717) is 5.92 Å². The van der Waals surface area contributed by atoms with Crippen LogP contribution in [0, 0.1) is 5.92 Å². The Morgan fingerprint density at radius 2 is 2.43 bits per heavy atom. The average molecular weight is 193 g/mol. The SMILES string of the molecule is NC(c1cnccn1)C1CCCOC1. The highest BCUT2D eigenvalue weighted by molar-refractivity contribution is 5.03. The van der Waals surface area contributed by atoms with Crippen LogP contribution in [0.25, 0.3) is 0 Å². The lowest BCUT2D eigenvalue weighted by atomic mass is 9.92. The van der Waals surface area contributed by atoms with Crippen molar-refractivity contribution < 1.29 is 4.74 Å². The quantitative estimate of drug-likeness (QED) is 0.758. The van der Waals surface area contributed by atoms with Crippen LogP contribution in [0.4, 0.5) is 0 Å². The van der Waals surface area contributed by atoms with Gasteiger partial charge in [0, 0.05) is 31.1 Å². The highest BCUT2D eigenvalue weighted by Crippen LogP contribution is 2.24. The molecule has 1 aliphatic rings. The molecule has 0 aromatic carbocycles. The summed E-state index contributed by atoms with van der Waals surface area (Å²) < 4.78 is 5.40. The largest absolute Gasteiger partial charge is 0.381 e. The van der Waals surface area contributed by atoms with Gasteiger partial charge in [-0.05, 0) is 12.8 Å². The highest BCUT2D eigenvalue weighted by Gasteiger charge is 2.23. The van der Waals surface area contributed by atoms with Crippen molar-refractivity contribution in [3.05, 3.63) is 24.3 Å². The summed E-state index contributed by atoms with van der Waals surface area (Å²) in [6.45, 7) is 1.61. The Balaban J connectivity index is 2.03. The Bertz CT molecular complexity index is 272. The number of nitrogens with zero attached hydrogens (tertiary/aromatic N) is 2. The van der Waals surface area contributed by atoms with Crippen LogP contribution in [0.3, 0.4) is 0 Å². The predicted octanol–water partition coefficient (Wildman–Crippen LogP) is 0.903. The zero-order valence-electron chi connectivity index (χ0n) is 8.10. The van der Waals surface area contributed by atoms with Gasteiger partial charge in [-0.1, -0.05) is 0 Å². The maximum Gasteiger partial charge on any atom is 0.0757 e. The zero-order valence-corrected chi connectivity index (χ0v) is 8.10. The van der Waals surface area contributed by atoms with Crippen molar-refractivity contribution in [2.45, 2.75) is 18.9 Å². The van der Waals surface area contributed by atoms with Gasteiger partial charge in [-0.3, -0.25) is 9.97 Å². The summed E-state index contributed by atoms with van der Waals surface area (Å²) in [6.07, 6.45) is 7.29. The van der Waals surface area contributed by atoms with E-state index in [1.807, 2.05) is 0 Å². The third-order valence-corrected chi connectivity index (χ3v) is 2.63. The lowest BCUT2D eigenvalue weighted by Crippen LogP contribution is -2.29. The minimum absolute atomic E-state index is 0.0380. The number of hydrogen-bond donors (Lipinski definition) is 1. The van der Waals surface area contributed by atoms with Crippen molar-refractivity contribution in [1.82, 2.24) is 9.97 Å². The summed E-state index contributed by atoms with van der Waals surface area (Å²) in [5, 5.41) is 0. The third-order valence-electron chi connectivity index (χ3n) is 2.63. The summed E-state index contributed by atoms with van der Waals surface area (Å²) in [5.74, 6) is 0.389. The van der Waals surface area contributed by atoms with Crippen LogP contribution in [0.1, 0.15) is 24.6 Å². The summed E-state index contributed by atoms with van der Waals surface area (Å²) >= 11 is 0. The molecule has 4 nitrogen and oxygen atoms in total. The van der Waals surface area contributed by atoms with Crippen LogP contribution in [-0.4, -0.2) is 23.2 Å². The van der Waals surface area contributed by atoms with E-state index < -0.39 is 0 Å². The van der Waals surface area contributed by atoms with Crippen molar-refractivity contribution in [2.75, 3.05) is 13.2 Å². The monoisotopic (exact) mass is 193 g/mol. The van der Waals surface area contributed by atoms with Gasteiger partial charge in [-0.15, -0.1) is 0 Å². The second-order valence-electron chi connectivity index (χ2n) is 3.63. The molecule has 0 spiro atoms. The molecule has 1 aromatic heterocycles. The Morgan fingerprint density at radius 1 is 1.50 bits per heavy atom. The fourth-order valence-corrected chi connectivity index (χ4v) is 1.77. The van der Waals surface area contributed by atoms with Gasteiger partial charge in [0.25, 0.3) is 0 Å². The topological polar surface area (TPSA) is 61.0 Å². The van der Waals surface area contributed by atoms with E-state index in [9.17, 15) is 0 Å². The maximum absolute atomic E-state index is 6.09. The van der Waals surface area contributed by atoms with E-state index >= 15 is 0 Å². The van der Waals surface area contributed by atoms with Crippen LogP contribution < -0.4 is 5.73 Å². The normalized spacial score (nSPS) is 24.5. The number of nitrogens with two attached hydrogens (primary N) is 1. The smallest absolute Gasteiger partial charge is 0.0757 e. The van der Waals surface area contributed by atoms with Crippen molar-refractivity contribution in [3.63, 3.8) is 0 Å². The lowest BCUT2D eigenvalue weighted by molar-refractivity contribution is 0.0442. The highest BCUT2D eigenvalue weighted by atomic mass is 16.5. The fourth-order valence-electron chi connectivity index (χ4n) is 1.77. The van der Waals surface area contributed by atoms with Crippen molar-refractivity contribution >= 4 is 0 Å². The zero-order chi connectivity index (χ0) is 9.80. The molecule has 4 heteroatoms. The van der Waals surface area contributed by atoms with E-state index in [1.165, 1.54) is 0 Å². The molecule has 2 N–H and O–H groups in total. The van der Waals surface area contributed by atoms with Crippen LogP contribution in [-0.2, 0) is 4.74 Å². The lowest BCUT2D eigenvalue weighted by Gasteiger charge is -2.26. The van der Waals surface area contributed by atoms with Crippen molar-refractivity contribution in [3.8, 4) is 0 Å². The van der Waals surface area contributed by atoms with Crippen molar-refractivity contribution in [2.24, 2.45) is 11.7 Å². The van der Waals surface area contributed by atoms with Gasteiger partial charge in [0.05, 0.1) is 18.3 Å². The third kappa shape index (κ3) is 2.08. The number of aromatic nitrogens is 2. The molecule has 0 saturated carbocycles. The van der Waals surface area contributed by atoms with Crippen LogP contribution in [0.5, 0.6) is 0 Å². The second-order valence-corrected chi connectivity index (χ2v) is 3.63. The molecule has 14 heavy (non-hydrogen) atoms. The number of hydrogen-bond acceptors (Lipinski definition) is 4. The van der Waals surface area contributed by atoms with Gasteiger partial charge in [0.2, 0.25) is 0 Å². The first-order chi connectivity index (χ1) is 6.88. The Hall–Kier alpha value is -1.00. The number of rotatable bonds is 2. The Labute approximate surface area is 83.5 Å². The van der Waals surface area contributed by atoms with Crippen molar-refractivity contribution in [1.29, 1.82) is 0 Å². The van der Waals surface area contributed by atoms with Gasteiger partial charge in [0.1, 0.15) is 0 Å². The molecule has 0 radical (unpaired) electrons. The molecule has 76 valence electrons. The maximum atomic E-state index is 6.09. The average Bonchev–Trinajstić information content (AvgIpc) is 2.30. The van der Waals surface area contributed by atoms with Gasteiger partial charge < -0.3 is 10.5 Å². The summed E-state index contributed by atoms with van der Waals surface area (Å²) in [7, 11) is 0. The Morgan fingerprint density at radius 3 is 3.07 bits per heavy atom. The molecule has 0 aliphatic carbocycles. The molecule has 2 atom stereocenters. The standard InChI is InChI=1S/C10H15N3O/c11-10(8-2-1-5-14-7-8)9-6-12-3-4-13-9/h3-4,6,8,10H,1-2,5,7,11H2. The Kier molecular flexibility index (Phi) is 3.06. The minimum Gasteiger partial charge on any atom is -0.381 e. The molecule has 1 aliphatic heterocycles. The second kappa shape index (κ2) is 4.48. The molecule has 1 fully saturated rings. The first kappa shape index (κ1) is 9.55. The van der Waals surface area contributed by atoms with Crippen LogP contribution >= 0.6 is 0 Å². The number of ether oxygens (including phenoxy) is 1. The molecule has 1 saturated heterocycles. The molecule has 2 unspecified atom stereocenters. The summed E-state index contributed by atoms with van der Waals surface area (Å²) in [5.41, 5.74) is 6.95.